The Labute approximate surface area is 121 Å². The summed E-state index contributed by atoms with van der Waals surface area (Å²) >= 11 is 1.44. The van der Waals surface area contributed by atoms with Gasteiger partial charge >= 0.3 is 0 Å². The summed E-state index contributed by atoms with van der Waals surface area (Å²) < 4.78 is 2.06. The predicted molar refractivity (Wildman–Crippen MR) is 77.3 cm³/mol. The molecule has 6 heteroatoms. The first kappa shape index (κ1) is 13.2. The number of nitrogens with zero attached hydrogens (tertiary/aromatic N) is 3. The molecule has 0 atom stereocenters. The summed E-state index contributed by atoms with van der Waals surface area (Å²) in [6.07, 6.45) is 4.12. The van der Waals surface area contributed by atoms with Crippen molar-refractivity contribution < 1.29 is 4.79 Å². The highest BCUT2D eigenvalue weighted by molar-refractivity contribution is 7.99. The first-order chi connectivity index (χ1) is 9.83. The molecule has 0 bridgehead atoms. The third-order valence-corrected chi connectivity index (χ3v) is 4.10. The summed E-state index contributed by atoms with van der Waals surface area (Å²) in [7, 11) is 0. The molecule has 1 saturated carbocycles. The van der Waals surface area contributed by atoms with E-state index in [9.17, 15) is 4.79 Å². The molecule has 0 saturated heterocycles. The van der Waals surface area contributed by atoms with Crippen molar-refractivity contribution >= 4 is 17.7 Å². The molecule has 1 aromatic heterocycles. The highest BCUT2D eigenvalue weighted by Gasteiger charge is 2.26. The smallest absolute Gasteiger partial charge is 0.230 e. The van der Waals surface area contributed by atoms with Gasteiger partial charge in [0, 0.05) is 12.6 Å². The zero-order valence-corrected chi connectivity index (χ0v) is 11.8. The molecule has 0 unspecified atom stereocenters. The number of rotatable bonds is 6. The maximum Gasteiger partial charge on any atom is 0.230 e. The van der Waals surface area contributed by atoms with Gasteiger partial charge in [0.15, 0.2) is 5.16 Å². The highest BCUT2D eigenvalue weighted by atomic mass is 32.2. The Morgan fingerprint density at radius 1 is 1.35 bits per heavy atom. The average Bonchev–Trinajstić information content (AvgIpc) is 3.22. The lowest BCUT2D eigenvalue weighted by molar-refractivity contribution is -0.118. The topological polar surface area (TPSA) is 59.8 Å². The van der Waals surface area contributed by atoms with Crippen molar-refractivity contribution in [1.29, 1.82) is 0 Å². The quantitative estimate of drug-likeness (QED) is 0.826. The fourth-order valence-electron chi connectivity index (χ4n) is 1.92. The van der Waals surface area contributed by atoms with Gasteiger partial charge in [0.25, 0.3) is 0 Å². The molecule has 1 aromatic carbocycles. The molecule has 1 N–H and O–H groups in total. The predicted octanol–water partition coefficient (Wildman–Crippen LogP) is 2.02. The largest absolute Gasteiger partial charge is 0.351 e. The number of aromatic nitrogens is 3. The third kappa shape index (κ3) is 3.39. The lowest BCUT2D eigenvalue weighted by Gasteiger charge is -2.06. The van der Waals surface area contributed by atoms with Gasteiger partial charge in [0.05, 0.1) is 5.75 Å². The summed E-state index contributed by atoms with van der Waals surface area (Å²) in [5, 5.41) is 11.7. The maximum absolute atomic E-state index is 11.8. The SMILES string of the molecule is O=C(CSc1nncn1C1CC1)NCc1ccccc1. The molecule has 0 radical (unpaired) electrons. The van der Waals surface area contributed by atoms with Crippen LogP contribution in [0.3, 0.4) is 0 Å². The van der Waals surface area contributed by atoms with Crippen LogP contribution in [0.1, 0.15) is 24.4 Å². The maximum atomic E-state index is 11.8. The highest BCUT2D eigenvalue weighted by Crippen LogP contribution is 2.37. The number of thioether (sulfide) groups is 1. The number of carbonyl (C=O) groups is 1. The lowest BCUT2D eigenvalue weighted by atomic mass is 10.2. The molecule has 2 aromatic rings. The second-order valence-electron chi connectivity index (χ2n) is 4.80. The van der Waals surface area contributed by atoms with Crippen LogP contribution in [-0.4, -0.2) is 26.4 Å². The van der Waals surface area contributed by atoms with E-state index in [2.05, 4.69) is 20.1 Å². The minimum atomic E-state index is 0.0178. The van der Waals surface area contributed by atoms with E-state index in [0.717, 1.165) is 10.7 Å². The standard InChI is InChI=1S/C14H16N4OS/c19-13(15-8-11-4-2-1-3-5-11)9-20-14-17-16-10-18(14)12-6-7-12/h1-5,10,12H,6-9H2,(H,15,19). The normalized spacial score (nSPS) is 14.2. The number of hydrogen-bond acceptors (Lipinski definition) is 4. The molecule has 104 valence electrons. The number of benzene rings is 1. The zero-order chi connectivity index (χ0) is 13.8. The second kappa shape index (κ2) is 6.09. The summed E-state index contributed by atoms with van der Waals surface area (Å²) in [5.41, 5.74) is 1.10. The minimum Gasteiger partial charge on any atom is -0.351 e. The lowest BCUT2D eigenvalue weighted by Crippen LogP contribution is -2.24. The van der Waals surface area contributed by atoms with Crippen LogP contribution in [0.25, 0.3) is 0 Å². The van der Waals surface area contributed by atoms with Crippen LogP contribution in [0, 0.1) is 0 Å². The van der Waals surface area contributed by atoms with E-state index in [4.69, 9.17) is 0 Å². The molecule has 1 aliphatic carbocycles. The Bertz CT molecular complexity index is 580. The number of hydrogen-bond donors (Lipinski definition) is 1. The summed E-state index contributed by atoms with van der Waals surface area (Å²) in [6, 6.07) is 10.4. The molecule has 1 fully saturated rings. The average molecular weight is 288 g/mol. The van der Waals surface area contributed by atoms with Gasteiger partial charge in [-0.2, -0.15) is 0 Å². The van der Waals surface area contributed by atoms with Gasteiger partial charge in [0.2, 0.25) is 5.91 Å². The van der Waals surface area contributed by atoms with Crippen LogP contribution in [0.2, 0.25) is 0 Å². The molecule has 1 aliphatic rings. The number of carbonyl (C=O) groups excluding carboxylic acids is 1. The van der Waals surface area contributed by atoms with E-state index in [1.54, 1.807) is 6.33 Å². The second-order valence-corrected chi connectivity index (χ2v) is 5.75. The molecule has 0 aliphatic heterocycles. The van der Waals surface area contributed by atoms with Gasteiger partial charge in [-0.05, 0) is 18.4 Å². The van der Waals surface area contributed by atoms with E-state index in [0.29, 0.717) is 18.3 Å². The van der Waals surface area contributed by atoms with Crippen molar-refractivity contribution in [2.75, 3.05) is 5.75 Å². The van der Waals surface area contributed by atoms with Gasteiger partial charge in [0.1, 0.15) is 6.33 Å². The van der Waals surface area contributed by atoms with Crippen molar-refractivity contribution in [3.63, 3.8) is 0 Å². The van der Waals surface area contributed by atoms with Gasteiger partial charge in [-0.25, -0.2) is 0 Å². The Morgan fingerprint density at radius 3 is 2.90 bits per heavy atom. The minimum absolute atomic E-state index is 0.0178. The Kier molecular flexibility index (Phi) is 4.01. The zero-order valence-electron chi connectivity index (χ0n) is 11.0. The Balaban J connectivity index is 1.46. The van der Waals surface area contributed by atoms with Crippen LogP contribution in [0.4, 0.5) is 0 Å². The molecule has 20 heavy (non-hydrogen) atoms. The van der Waals surface area contributed by atoms with Crippen LogP contribution >= 0.6 is 11.8 Å². The molecule has 3 rings (SSSR count). The monoisotopic (exact) mass is 288 g/mol. The van der Waals surface area contributed by atoms with Gasteiger partial charge in [-0.15, -0.1) is 10.2 Å². The van der Waals surface area contributed by atoms with Gasteiger partial charge in [-0.1, -0.05) is 42.1 Å². The van der Waals surface area contributed by atoms with E-state index in [1.807, 2.05) is 30.3 Å². The van der Waals surface area contributed by atoms with Crippen molar-refractivity contribution in [2.45, 2.75) is 30.6 Å². The van der Waals surface area contributed by atoms with E-state index in [-0.39, 0.29) is 5.91 Å². The van der Waals surface area contributed by atoms with Gasteiger partial charge in [-0.3, -0.25) is 4.79 Å². The summed E-state index contributed by atoms with van der Waals surface area (Å²) in [5.74, 6) is 0.391. The first-order valence-electron chi connectivity index (χ1n) is 6.66. The Hall–Kier alpha value is -1.82. The van der Waals surface area contributed by atoms with Gasteiger partial charge < -0.3 is 9.88 Å². The van der Waals surface area contributed by atoms with Crippen LogP contribution in [0.5, 0.6) is 0 Å². The van der Waals surface area contributed by atoms with Crippen molar-refractivity contribution in [3.8, 4) is 0 Å². The summed E-state index contributed by atoms with van der Waals surface area (Å²) in [6.45, 7) is 0.565. The van der Waals surface area contributed by atoms with E-state index < -0.39 is 0 Å². The molecule has 1 amide bonds. The number of amides is 1. The van der Waals surface area contributed by atoms with Crippen molar-refractivity contribution in [1.82, 2.24) is 20.1 Å². The molecular formula is C14H16N4OS. The molecule has 1 heterocycles. The molecular weight excluding hydrogens is 272 g/mol. The van der Waals surface area contributed by atoms with E-state index >= 15 is 0 Å². The number of nitrogens with one attached hydrogen (secondary N) is 1. The van der Waals surface area contributed by atoms with Crippen LogP contribution in [-0.2, 0) is 11.3 Å². The summed E-state index contributed by atoms with van der Waals surface area (Å²) in [4.78, 5) is 11.8. The van der Waals surface area contributed by atoms with Crippen LogP contribution < -0.4 is 5.32 Å². The fraction of sp³-hybridized carbons (Fsp3) is 0.357. The van der Waals surface area contributed by atoms with Crippen molar-refractivity contribution in [3.05, 3.63) is 42.2 Å². The van der Waals surface area contributed by atoms with Crippen molar-refractivity contribution in [2.24, 2.45) is 0 Å². The van der Waals surface area contributed by atoms with Crippen LogP contribution in [0.15, 0.2) is 41.8 Å². The molecule has 5 nitrogen and oxygen atoms in total. The third-order valence-electron chi connectivity index (χ3n) is 3.15. The molecule has 0 spiro atoms. The first-order valence-corrected chi connectivity index (χ1v) is 7.64. The van der Waals surface area contributed by atoms with E-state index in [1.165, 1.54) is 24.6 Å². The fourth-order valence-corrected chi connectivity index (χ4v) is 2.73. The Morgan fingerprint density at radius 2 is 2.15 bits per heavy atom.